The van der Waals surface area contributed by atoms with Gasteiger partial charge in [0.2, 0.25) is 11.7 Å². The van der Waals surface area contributed by atoms with Crippen LogP contribution in [0.5, 0.6) is 5.75 Å². The lowest BCUT2D eigenvalue weighted by Gasteiger charge is -2.07. The lowest BCUT2D eigenvalue weighted by Crippen LogP contribution is -2.20. The minimum Gasteiger partial charge on any atom is -0.494 e. The number of nitrogens with one attached hydrogen (secondary N) is 1. The van der Waals surface area contributed by atoms with E-state index in [4.69, 9.17) is 14.3 Å². The molecule has 1 aromatic carbocycles. The van der Waals surface area contributed by atoms with Crippen LogP contribution in [-0.2, 0) is 21.3 Å². The van der Waals surface area contributed by atoms with Gasteiger partial charge in [0.1, 0.15) is 17.3 Å². The summed E-state index contributed by atoms with van der Waals surface area (Å²) in [5, 5.41) is 11.4. The van der Waals surface area contributed by atoms with Gasteiger partial charge in [0.15, 0.2) is 0 Å². The van der Waals surface area contributed by atoms with E-state index in [1.54, 1.807) is 24.3 Å². The Morgan fingerprint density at radius 1 is 1.21 bits per heavy atom. The average Bonchev–Trinajstić information content (AvgIpc) is 2.98. The molecule has 1 heterocycles. The first-order valence-corrected chi connectivity index (χ1v) is 8.66. The molecule has 2 aromatic rings. The van der Waals surface area contributed by atoms with Crippen LogP contribution in [0.3, 0.4) is 0 Å². The molecule has 0 aliphatic rings. The van der Waals surface area contributed by atoms with E-state index in [1.807, 2.05) is 6.92 Å². The van der Waals surface area contributed by atoms with Crippen molar-refractivity contribution in [1.29, 1.82) is 0 Å². The largest absolute Gasteiger partial charge is 0.494 e. The normalized spacial score (nSPS) is 11.7. The first kappa shape index (κ1) is 17.7. The molecule has 1 atom stereocenters. The van der Waals surface area contributed by atoms with E-state index in [9.17, 15) is 13.8 Å². The number of carboxylic acid groups (broad SMARTS) is 1. The third-order valence-electron chi connectivity index (χ3n) is 2.92. The highest BCUT2D eigenvalue weighted by atomic mass is 32.2. The molecule has 24 heavy (non-hydrogen) atoms. The zero-order chi connectivity index (χ0) is 17.5. The van der Waals surface area contributed by atoms with Gasteiger partial charge in [0.25, 0.3) is 0 Å². The maximum absolute atomic E-state index is 12.0. The molecule has 0 saturated heterocycles. The zero-order valence-corrected chi connectivity index (χ0v) is 13.8. The number of amides is 1. The first-order valence-electron chi connectivity index (χ1n) is 7.17. The monoisotopic (exact) mass is 351 g/mol. The van der Waals surface area contributed by atoms with Crippen LogP contribution in [-0.4, -0.2) is 33.6 Å². The molecule has 1 unspecified atom stereocenters. The molecule has 2 rings (SSSR count). The van der Waals surface area contributed by atoms with Gasteiger partial charge in [-0.25, -0.2) is 4.79 Å². The van der Waals surface area contributed by atoms with E-state index >= 15 is 0 Å². The van der Waals surface area contributed by atoms with Crippen LogP contribution >= 0.6 is 0 Å². The maximum atomic E-state index is 12.0. The van der Waals surface area contributed by atoms with Gasteiger partial charge >= 0.3 is 5.97 Å². The van der Waals surface area contributed by atoms with E-state index in [-0.39, 0.29) is 23.0 Å². The number of hydrogen-bond donors (Lipinski definition) is 2. The van der Waals surface area contributed by atoms with Gasteiger partial charge in [-0.3, -0.25) is 9.00 Å². The summed E-state index contributed by atoms with van der Waals surface area (Å²) in [6, 6.07) is 9.56. The summed E-state index contributed by atoms with van der Waals surface area (Å²) in [5.41, 5.74) is 0.576. The number of aromatic carboxylic acids is 1. The smallest absolute Gasteiger partial charge is 0.371 e. The van der Waals surface area contributed by atoms with E-state index in [0.717, 1.165) is 0 Å². The molecular formula is C16H17NO6S. The lowest BCUT2D eigenvalue weighted by molar-refractivity contribution is -0.113. The highest BCUT2D eigenvalue weighted by molar-refractivity contribution is 7.84. The minimum absolute atomic E-state index is 0.0238. The van der Waals surface area contributed by atoms with Crippen molar-refractivity contribution in [2.24, 2.45) is 0 Å². The summed E-state index contributed by atoms with van der Waals surface area (Å²) in [6.45, 7) is 2.44. The maximum Gasteiger partial charge on any atom is 0.371 e. The molecule has 1 aromatic heterocycles. The number of rotatable bonds is 8. The molecule has 0 fully saturated rings. The van der Waals surface area contributed by atoms with Crippen LogP contribution in [0.1, 0.15) is 23.2 Å². The van der Waals surface area contributed by atoms with Crippen LogP contribution in [0.15, 0.2) is 40.8 Å². The standard InChI is InChI=1S/C16H17NO6S/c1-2-22-12-5-3-11(4-6-12)17-15(18)10-24(21)9-13-7-8-14(23-13)16(19)20/h3-8H,2,9-10H2,1H3,(H,17,18)(H,19,20). The molecule has 128 valence electrons. The fourth-order valence-electron chi connectivity index (χ4n) is 1.92. The van der Waals surface area contributed by atoms with Crippen molar-refractivity contribution >= 4 is 28.4 Å². The average molecular weight is 351 g/mol. The van der Waals surface area contributed by atoms with Crippen molar-refractivity contribution < 1.29 is 28.1 Å². The van der Waals surface area contributed by atoms with Gasteiger partial charge in [0.05, 0.1) is 12.4 Å². The summed E-state index contributed by atoms with van der Waals surface area (Å²) < 4.78 is 22.3. The summed E-state index contributed by atoms with van der Waals surface area (Å²) in [5.74, 6) is -1.09. The fraction of sp³-hybridized carbons (Fsp3) is 0.250. The van der Waals surface area contributed by atoms with Crippen LogP contribution in [0, 0.1) is 0 Å². The molecule has 0 aliphatic heterocycles. The van der Waals surface area contributed by atoms with Crippen molar-refractivity contribution in [1.82, 2.24) is 0 Å². The number of ether oxygens (including phenoxy) is 1. The molecule has 8 heteroatoms. The number of furan rings is 1. The minimum atomic E-state index is -1.51. The Hall–Kier alpha value is -2.61. The van der Waals surface area contributed by atoms with Gasteiger partial charge < -0.3 is 19.6 Å². The van der Waals surface area contributed by atoms with Crippen molar-refractivity contribution in [2.45, 2.75) is 12.7 Å². The van der Waals surface area contributed by atoms with Gasteiger partial charge in [-0.15, -0.1) is 0 Å². The molecule has 7 nitrogen and oxygen atoms in total. The number of carbonyl (C=O) groups is 2. The molecule has 1 amide bonds. The highest BCUT2D eigenvalue weighted by Gasteiger charge is 2.14. The second kappa shape index (κ2) is 8.30. The van der Waals surface area contributed by atoms with Crippen molar-refractivity contribution in [2.75, 3.05) is 17.7 Å². The summed E-state index contributed by atoms with van der Waals surface area (Å²) in [4.78, 5) is 22.6. The Balaban J connectivity index is 1.84. The predicted octanol–water partition coefficient (Wildman–Crippen LogP) is 2.26. The molecule has 0 aliphatic carbocycles. The second-order valence-electron chi connectivity index (χ2n) is 4.81. The molecular weight excluding hydrogens is 334 g/mol. The summed E-state index contributed by atoms with van der Waals surface area (Å²) in [7, 11) is -1.51. The molecule has 0 bridgehead atoms. The highest BCUT2D eigenvalue weighted by Crippen LogP contribution is 2.16. The molecule has 0 saturated carbocycles. The Morgan fingerprint density at radius 2 is 1.92 bits per heavy atom. The van der Waals surface area contributed by atoms with Crippen LogP contribution in [0.25, 0.3) is 0 Å². The molecule has 0 radical (unpaired) electrons. The first-order chi connectivity index (χ1) is 11.5. The van der Waals surface area contributed by atoms with Crippen molar-refractivity contribution in [3.63, 3.8) is 0 Å². The summed E-state index contributed by atoms with van der Waals surface area (Å²) in [6.07, 6.45) is 0. The van der Waals surface area contributed by atoms with E-state index in [0.29, 0.717) is 18.0 Å². The molecule has 2 N–H and O–H groups in total. The summed E-state index contributed by atoms with van der Waals surface area (Å²) >= 11 is 0. The van der Waals surface area contributed by atoms with E-state index in [2.05, 4.69) is 5.32 Å². The lowest BCUT2D eigenvalue weighted by atomic mass is 10.3. The van der Waals surface area contributed by atoms with Gasteiger partial charge in [-0.1, -0.05) is 0 Å². The van der Waals surface area contributed by atoms with Gasteiger partial charge in [-0.05, 0) is 43.3 Å². The second-order valence-corrected chi connectivity index (χ2v) is 6.26. The Kier molecular flexibility index (Phi) is 6.14. The van der Waals surface area contributed by atoms with Crippen LogP contribution < -0.4 is 10.1 Å². The number of carbonyl (C=O) groups excluding carboxylic acids is 1. The number of anilines is 1. The van der Waals surface area contributed by atoms with Gasteiger partial charge in [-0.2, -0.15) is 0 Å². The third-order valence-corrected chi connectivity index (χ3v) is 4.11. The fourth-order valence-corrected chi connectivity index (χ4v) is 2.86. The van der Waals surface area contributed by atoms with Crippen LogP contribution in [0.2, 0.25) is 0 Å². The predicted molar refractivity (Wildman–Crippen MR) is 88.6 cm³/mol. The quantitative estimate of drug-likeness (QED) is 0.756. The number of hydrogen-bond acceptors (Lipinski definition) is 5. The zero-order valence-electron chi connectivity index (χ0n) is 13.0. The van der Waals surface area contributed by atoms with E-state index < -0.39 is 22.7 Å². The van der Waals surface area contributed by atoms with Crippen molar-refractivity contribution in [3.8, 4) is 5.75 Å². The van der Waals surface area contributed by atoms with Crippen molar-refractivity contribution in [3.05, 3.63) is 47.9 Å². The topological polar surface area (TPSA) is 106 Å². The SMILES string of the molecule is CCOc1ccc(NC(=O)CS(=O)Cc2ccc(C(=O)O)o2)cc1. The third kappa shape index (κ3) is 5.24. The Bertz CT molecular complexity index is 737. The number of benzene rings is 1. The number of carboxylic acids is 1. The van der Waals surface area contributed by atoms with Gasteiger partial charge in [0, 0.05) is 16.5 Å². The molecule has 0 spiro atoms. The van der Waals surface area contributed by atoms with Crippen LogP contribution in [0.4, 0.5) is 5.69 Å². The Morgan fingerprint density at radius 3 is 2.50 bits per heavy atom. The van der Waals surface area contributed by atoms with E-state index in [1.165, 1.54) is 12.1 Å². The Labute approximate surface area is 141 Å².